The van der Waals surface area contributed by atoms with E-state index in [9.17, 15) is 0 Å². The van der Waals surface area contributed by atoms with Gasteiger partial charge in [-0.3, -0.25) is 0 Å². The lowest BCUT2D eigenvalue weighted by molar-refractivity contribution is 0.841. The molecule has 0 amide bonds. The Hall–Kier alpha value is -1.70. The summed E-state index contributed by atoms with van der Waals surface area (Å²) in [7, 11) is 2.08. The maximum atomic E-state index is 3.53. The van der Waals surface area contributed by atoms with Gasteiger partial charge < -0.3 is 9.88 Å². The Labute approximate surface area is 103 Å². The van der Waals surface area contributed by atoms with E-state index in [1.807, 2.05) is 0 Å². The van der Waals surface area contributed by atoms with Crippen LogP contribution in [0.1, 0.15) is 22.4 Å². The molecule has 0 bridgehead atoms. The molecule has 0 aliphatic carbocycles. The molecular weight excluding hydrogens is 208 g/mol. The largest absolute Gasteiger partial charge is 0.379 e. The first-order valence-electron chi connectivity index (χ1n) is 6.00. The molecule has 2 rings (SSSR count). The molecule has 1 N–H and O–H groups in total. The summed E-state index contributed by atoms with van der Waals surface area (Å²) in [4.78, 5) is 0. The van der Waals surface area contributed by atoms with E-state index in [2.05, 4.69) is 68.2 Å². The van der Waals surface area contributed by atoms with Gasteiger partial charge in [-0.2, -0.15) is 0 Å². The fraction of sp³-hybridized carbons (Fsp3) is 0.333. The summed E-state index contributed by atoms with van der Waals surface area (Å²) in [5, 5.41) is 3.53. The first-order chi connectivity index (χ1) is 8.08. The minimum Gasteiger partial charge on any atom is -0.379 e. The second-order valence-corrected chi connectivity index (χ2v) is 4.74. The standard InChI is InChI=1S/C15H20N2/c1-11-8-12(2)15(13(3)9-11)16-10-14-6-5-7-17(14)4/h5-9,16H,10H2,1-4H3. The van der Waals surface area contributed by atoms with Crippen molar-refractivity contribution in [1.82, 2.24) is 4.57 Å². The van der Waals surface area contributed by atoms with Crippen LogP contribution in [-0.4, -0.2) is 4.57 Å². The molecule has 17 heavy (non-hydrogen) atoms. The van der Waals surface area contributed by atoms with Gasteiger partial charge in [0.15, 0.2) is 0 Å². The van der Waals surface area contributed by atoms with Crippen LogP contribution in [0, 0.1) is 20.8 Å². The topological polar surface area (TPSA) is 17.0 Å². The minimum atomic E-state index is 0.869. The molecule has 1 aromatic carbocycles. The average Bonchev–Trinajstić information content (AvgIpc) is 2.62. The van der Waals surface area contributed by atoms with Gasteiger partial charge in [-0.1, -0.05) is 17.7 Å². The van der Waals surface area contributed by atoms with Crippen molar-refractivity contribution < 1.29 is 0 Å². The second kappa shape index (κ2) is 4.66. The monoisotopic (exact) mass is 228 g/mol. The molecule has 0 saturated carbocycles. The number of nitrogens with zero attached hydrogens (tertiary/aromatic N) is 1. The lowest BCUT2D eigenvalue weighted by Crippen LogP contribution is -2.06. The summed E-state index contributed by atoms with van der Waals surface area (Å²) in [5.41, 5.74) is 6.51. The summed E-state index contributed by atoms with van der Waals surface area (Å²) in [6, 6.07) is 8.67. The Bertz CT molecular complexity index is 500. The van der Waals surface area contributed by atoms with Gasteiger partial charge in [0.2, 0.25) is 0 Å². The molecule has 0 aliphatic heterocycles. The molecule has 1 aromatic heterocycles. The fourth-order valence-corrected chi connectivity index (χ4v) is 2.32. The van der Waals surface area contributed by atoms with E-state index in [4.69, 9.17) is 0 Å². The van der Waals surface area contributed by atoms with E-state index >= 15 is 0 Å². The third kappa shape index (κ3) is 2.52. The first kappa shape index (κ1) is 11.8. The summed E-state index contributed by atoms with van der Waals surface area (Å²) in [6.45, 7) is 7.33. The highest BCUT2D eigenvalue weighted by Crippen LogP contribution is 2.22. The van der Waals surface area contributed by atoms with E-state index in [-0.39, 0.29) is 0 Å². The molecule has 2 nitrogen and oxygen atoms in total. The molecule has 90 valence electrons. The zero-order valence-electron chi connectivity index (χ0n) is 11.0. The molecule has 0 spiro atoms. The summed E-state index contributed by atoms with van der Waals surface area (Å²) < 4.78 is 2.14. The maximum absolute atomic E-state index is 3.53. The maximum Gasteiger partial charge on any atom is 0.0553 e. The third-order valence-corrected chi connectivity index (χ3v) is 3.17. The van der Waals surface area contributed by atoms with Gasteiger partial charge in [0.25, 0.3) is 0 Å². The van der Waals surface area contributed by atoms with Crippen molar-refractivity contribution in [1.29, 1.82) is 0 Å². The Morgan fingerprint density at radius 3 is 2.29 bits per heavy atom. The Morgan fingerprint density at radius 1 is 1.12 bits per heavy atom. The van der Waals surface area contributed by atoms with Crippen molar-refractivity contribution in [2.75, 3.05) is 5.32 Å². The van der Waals surface area contributed by atoms with Crippen molar-refractivity contribution in [3.63, 3.8) is 0 Å². The highest BCUT2D eigenvalue weighted by Gasteiger charge is 2.04. The van der Waals surface area contributed by atoms with E-state index in [0.29, 0.717) is 0 Å². The van der Waals surface area contributed by atoms with Crippen LogP contribution in [0.15, 0.2) is 30.5 Å². The van der Waals surface area contributed by atoms with Crippen LogP contribution >= 0.6 is 0 Å². The molecule has 0 radical (unpaired) electrons. The SMILES string of the molecule is Cc1cc(C)c(NCc2cccn2C)c(C)c1. The van der Waals surface area contributed by atoms with Crippen LogP contribution in [0.3, 0.4) is 0 Å². The molecule has 0 fully saturated rings. The van der Waals surface area contributed by atoms with Crippen molar-refractivity contribution in [3.8, 4) is 0 Å². The Morgan fingerprint density at radius 2 is 1.76 bits per heavy atom. The Balaban J connectivity index is 2.17. The zero-order chi connectivity index (χ0) is 12.4. The quantitative estimate of drug-likeness (QED) is 0.850. The van der Waals surface area contributed by atoms with Crippen LogP contribution < -0.4 is 5.32 Å². The van der Waals surface area contributed by atoms with Gasteiger partial charge in [-0.25, -0.2) is 0 Å². The van der Waals surface area contributed by atoms with Crippen molar-refractivity contribution in [2.24, 2.45) is 7.05 Å². The third-order valence-electron chi connectivity index (χ3n) is 3.17. The number of aryl methyl sites for hydroxylation is 4. The van der Waals surface area contributed by atoms with Gasteiger partial charge in [0.1, 0.15) is 0 Å². The van der Waals surface area contributed by atoms with Crippen LogP contribution in [0.4, 0.5) is 5.69 Å². The van der Waals surface area contributed by atoms with E-state index in [1.54, 1.807) is 0 Å². The van der Waals surface area contributed by atoms with Crippen LogP contribution in [-0.2, 0) is 13.6 Å². The number of rotatable bonds is 3. The van der Waals surface area contributed by atoms with Crippen LogP contribution in [0.25, 0.3) is 0 Å². The van der Waals surface area contributed by atoms with Gasteiger partial charge >= 0.3 is 0 Å². The van der Waals surface area contributed by atoms with Gasteiger partial charge in [-0.15, -0.1) is 0 Å². The van der Waals surface area contributed by atoms with Crippen molar-refractivity contribution in [2.45, 2.75) is 27.3 Å². The number of benzene rings is 1. The van der Waals surface area contributed by atoms with Crippen molar-refractivity contribution in [3.05, 3.63) is 52.8 Å². The predicted molar refractivity (Wildman–Crippen MR) is 73.4 cm³/mol. The summed E-state index contributed by atoms with van der Waals surface area (Å²) in [6.07, 6.45) is 2.08. The number of hydrogen-bond donors (Lipinski definition) is 1. The van der Waals surface area contributed by atoms with E-state index in [1.165, 1.54) is 28.1 Å². The van der Waals surface area contributed by atoms with Crippen molar-refractivity contribution >= 4 is 5.69 Å². The summed E-state index contributed by atoms with van der Waals surface area (Å²) >= 11 is 0. The molecule has 0 saturated heterocycles. The molecular formula is C15H20N2. The highest BCUT2D eigenvalue weighted by molar-refractivity contribution is 5.58. The smallest absolute Gasteiger partial charge is 0.0553 e. The van der Waals surface area contributed by atoms with Gasteiger partial charge in [0.05, 0.1) is 6.54 Å². The van der Waals surface area contributed by atoms with Gasteiger partial charge in [0, 0.05) is 24.6 Å². The minimum absolute atomic E-state index is 0.869. The molecule has 2 aromatic rings. The lowest BCUT2D eigenvalue weighted by atomic mass is 10.1. The number of anilines is 1. The fourth-order valence-electron chi connectivity index (χ4n) is 2.32. The lowest BCUT2D eigenvalue weighted by Gasteiger charge is -2.14. The predicted octanol–water partition coefficient (Wildman–Crippen LogP) is 3.56. The first-order valence-corrected chi connectivity index (χ1v) is 6.00. The van der Waals surface area contributed by atoms with Crippen LogP contribution in [0.5, 0.6) is 0 Å². The zero-order valence-corrected chi connectivity index (χ0v) is 11.0. The van der Waals surface area contributed by atoms with Gasteiger partial charge in [-0.05, 0) is 44.0 Å². The second-order valence-electron chi connectivity index (χ2n) is 4.74. The molecule has 2 heteroatoms. The molecule has 0 aliphatic rings. The summed E-state index contributed by atoms with van der Waals surface area (Å²) in [5.74, 6) is 0. The number of aromatic nitrogens is 1. The number of hydrogen-bond acceptors (Lipinski definition) is 1. The van der Waals surface area contributed by atoms with Crippen LogP contribution in [0.2, 0.25) is 0 Å². The number of nitrogens with one attached hydrogen (secondary N) is 1. The average molecular weight is 228 g/mol. The van der Waals surface area contributed by atoms with E-state index < -0.39 is 0 Å². The Kier molecular flexibility index (Phi) is 3.23. The molecule has 0 unspecified atom stereocenters. The highest BCUT2D eigenvalue weighted by atomic mass is 15.0. The molecule has 0 atom stereocenters. The molecule has 1 heterocycles. The normalized spacial score (nSPS) is 10.6. The van der Waals surface area contributed by atoms with E-state index in [0.717, 1.165) is 6.54 Å².